The Morgan fingerprint density at radius 1 is 1.20 bits per heavy atom. The molecule has 0 aliphatic heterocycles. The third kappa shape index (κ3) is 4.53. The highest BCUT2D eigenvalue weighted by Gasteiger charge is 2.44. The van der Waals surface area contributed by atoms with Crippen molar-refractivity contribution in [1.82, 2.24) is 15.1 Å². The van der Waals surface area contributed by atoms with Crippen molar-refractivity contribution >= 4 is 40.9 Å². The largest absolute Gasteiger partial charge is 0.356 e. The minimum Gasteiger partial charge on any atom is -0.356 e. The van der Waals surface area contributed by atoms with Crippen molar-refractivity contribution in [2.75, 3.05) is 6.54 Å². The van der Waals surface area contributed by atoms with Crippen molar-refractivity contribution in [2.45, 2.75) is 42.5 Å². The normalized spacial score (nSPS) is 17.7. The zero-order chi connectivity index (χ0) is 21.3. The summed E-state index contributed by atoms with van der Waals surface area (Å²) in [5.41, 5.74) is 2.92. The summed E-state index contributed by atoms with van der Waals surface area (Å²) in [5.74, 6) is 0.351. The van der Waals surface area contributed by atoms with Crippen molar-refractivity contribution in [1.29, 1.82) is 0 Å². The number of nitrogens with zero attached hydrogens (tertiary/aromatic N) is 2. The fourth-order valence-corrected chi connectivity index (χ4v) is 4.98. The van der Waals surface area contributed by atoms with Crippen LogP contribution in [0.2, 0.25) is 10.0 Å². The third-order valence-corrected chi connectivity index (χ3v) is 6.85. The van der Waals surface area contributed by atoms with Crippen LogP contribution >= 0.6 is 35.0 Å². The van der Waals surface area contributed by atoms with Gasteiger partial charge in [-0.25, -0.2) is 0 Å². The summed E-state index contributed by atoms with van der Waals surface area (Å²) in [5, 5.41) is 9.07. The number of aryl methyl sites for hydroxylation is 1. The zero-order valence-corrected chi connectivity index (χ0v) is 19.2. The van der Waals surface area contributed by atoms with E-state index in [2.05, 4.69) is 24.5 Å². The Hall–Kier alpha value is -1.95. The van der Waals surface area contributed by atoms with Crippen LogP contribution in [-0.4, -0.2) is 22.2 Å². The summed E-state index contributed by atoms with van der Waals surface area (Å²) in [6.07, 6.45) is 2.91. The average Bonchev–Trinajstić information content (AvgIpc) is 3.43. The van der Waals surface area contributed by atoms with Crippen LogP contribution in [0.3, 0.4) is 0 Å². The molecule has 3 aromatic rings. The number of halogens is 2. The van der Waals surface area contributed by atoms with E-state index in [1.807, 2.05) is 48.0 Å². The lowest BCUT2D eigenvalue weighted by Crippen LogP contribution is -2.24. The Balaban J connectivity index is 1.59. The number of hydrogen-bond donors (Lipinski definition) is 1. The zero-order valence-electron chi connectivity index (χ0n) is 16.9. The van der Waals surface area contributed by atoms with E-state index in [1.54, 1.807) is 11.8 Å². The predicted molar refractivity (Wildman–Crippen MR) is 123 cm³/mol. The van der Waals surface area contributed by atoms with Crippen LogP contribution in [-0.2, 0) is 11.3 Å². The lowest BCUT2D eigenvalue weighted by molar-refractivity contribution is -0.122. The quantitative estimate of drug-likeness (QED) is 0.452. The monoisotopic (exact) mass is 459 g/mol. The first kappa shape index (κ1) is 21.3. The first-order valence-electron chi connectivity index (χ1n) is 10.1. The molecule has 2 aromatic carbocycles. The van der Waals surface area contributed by atoms with Crippen LogP contribution in [0, 0.1) is 5.92 Å². The van der Waals surface area contributed by atoms with Crippen molar-refractivity contribution in [3.63, 3.8) is 0 Å². The Kier molecular flexibility index (Phi) is 6.42. The molecule has 1 aromatic heterocycles. The minimum absolute atomic E-state index is 0.0311. The van der Waals surface area contributed by atoms with Gasteiger partial charge in [-0.05, 0) is 62.1 Å². The smallest absolute Gasteiger partial charge is 0.223 e. The molecule has 156 valence electrons. The molecule has 7 heteroatoms. The standard InChI is InChI=1S/C23H23Cl2N3OS/c1-3-26-23(29)19-12-18(19)17-10-5-14(11-20(17)25)22-21(13-28(4-2)27-22)30-16-8-6-15(24)7-9-16/h5-11,13,18-19H,3-4,12H2,1-2H3,(H,26,29). The van der Waals surface area contributed by atoms with E-state index in [9.17, 15) is 4.79 Å². The molecule has 30 heavy (non-hydrogen) atoms. The summed E-state index contributed by atoms with van der Waals surface area (Å²) in [6.45, 7) is 5.45. The number of rotatable bonds is 7. The highest BCUT2D eigenvalue weighted by molar-refractivity contribution is 7.99. The lowest BCUT2D eigenvalue weighted by Gasteiger charge is -2.08. The van der Waals surface area contributed by atoms with Gasteiger partial charge < -0.3 is 5.32 Å². The number of carbonyl (C=O) groups is 1. The van der Waals surface area contributed by atoms with Gasteiger partial charge in [-0.1, -0.05) is 47.1 Å². The first-order chi connectivity index (χ1) is 14.5. The van der Waals surface area contributed by atoms with Crippen LogP contribution < -0.4 is 5.32 Å². The Bertz CT molecular complexity index is 1060. The lowest BCUT2D eigenvalue weighted by atomic mass is 10.0. The Labute approximate surface area is 191 Å². The van der Waals surface area contributed by atoms with Gasteiger partial charge in [-0.2, -0.15) is 5.10 Å². The molecule has 1 amide bonds. The molecular weight excluding hydrogens is 437 g/mol. The molecule has 1 N–H and O–H groups in total. The van der Waals surface area contributed by atoms with Gasteiger partial charge in [0.25, 0.3) is 0 Å². The number of nitrogens with one attached hydrogen (secondary N) is 1. The van der Waals surface area contributed by atoms with Crippen molar-refractivity contribution < 1.29 is 4.79 Å². The topological polar surface area (TPSA) is 46.9 Å². The molecule has 0 radical (unpaired) electrons. The van der Waals surface area contributed by atoms with Gasteiger partial charge in [-0.3, -0.25) is 9.48 Å². The second-order valence-corrected chi connectivity index (χ2v) is 9.29. The van der Waals surface area contributed by atoms with E-state index in [0.717, 1.165) is 44.6 Å². The van der Waals surface area contributed by atoms with Gasteiger partial charge in [0.05, 0.1) is 4.90 Å². The molecular formula is C23H23Cl2N3OS. The molecule has 1 aliphatic rings. The molecule has 0 saturated heterocycles. The van der Waals surface area contributed by atoms with Gasteiger partial charge >= 0.3 is 0 Å². The number of carbonyl (C=O) groups excluding carboxylic acids is 1. The van der Waals surface area contributed by atoms with E-state index in [4.69, 9.17) is 28.3 Å². The summed E-state index contributed by atoms with van der Waals surface area (Å²) < 4.78 is 1.93. The van der Waals surface area contributed by atoms with Gasteiger partial charge in [0.2, 0.25) is 5.91 Å². The van der Waals surface area contributed by atoms with Crippen LogP contribution in [0.5, 0.6) is 0 Å². The maximum absolute atomic E-state index is 12.1. The van der Waals surface area contributed by atoms with Gasteiger partial charge in [-0.15, -0.1) is 0 Å². The SMILES string of the molecule is CCNC(=O)C1CC1c1ccc(-c2nn(CC)cc2Sc2ccc(Cl)cc2)cc1Cl. The van der Waals surface area contributed by atoms with E-state index >= 15 is 0 Å². The molecule has 1 fully saturated rings. The third-order valence-electron chi connectivity index (χ3n) is 5.25. The van der Waals surface area contributed by atoms with Gasteiger partial charge in [0.1, 0.15) is 5.69 Å². The second kappa shape index (κ2) is 9.04. The number of amides is 1. The molecule has 1 heterocycles. The van der Waals surface area contributed by atoms with E-state index in [1.165, 1.54) is 0 Å². The van der Waals surface area contributed by atoms with Gasteiger partial charge in [0.15, 0.2) is 0 Å². The summed E-state index contributed by atoms with van der Waals surface area (Å²) in [4.78, 5) is 14.2. The average molecular weight is 460 g/mol. The van der Waals surface area contributed by atoms with Crippen molar-refractivity contribution in [3.8, 4) is 11.3 Å². The molecule has 0 spiro atoms. The summed E-state index contributed by atoms with van der Waals surface area (Å²) in [7, 11) is 0. The number of hydrogen-bond acceptors (Lipinski definition) is 3. The maximum atomic E-state index is 12.1. The minimum atomic E-state index is 0.0311. The second-order valence-electron chi connectivity index (χ2n) is 7.33. The molecule has 4 rings (SSSR count). The predicted octanol–water partition coefficient (Wildman–Crippen LogP) is 6.27. The summed E-state index contributed by atoms with van der Waals surface area (Å²) in [6, 6.07) is 13.9. The number of benzene rings is 2. The first-order valence-corrected chi connectivity index (χ1v) is 11.7. The van der Waals surface area contributed by atoms with Crippen LogP contribution in [0.4, 0.5) is 0 Å². The molecule has 1 saturated carbocycles. The molecule has 2 atom stereocenters. The molecule has 4 nitrogen and oxygen atoms in total. The highest BCUT2D eigenvalue weighted by Crippen LogP contribution is 2.50. The van der Waals surface area contributed by atoms with Crippen LogP contribution in [0.1, 0.15) is 31.7 Å². The maximum Gasteiger partial charge on any atom is 0.223 e. The summed E-state index contributed by atoms with van der Waals surface area (Å²) >= 11 is 14.3. The molecule has 2 unspecified atom stereocenters. The highest BCUT2D eigenvalue weighted by atomic mass is 35.5. The van der Waals surface area contributed by atoms with Crippen LogP contribution in [0.25, 0.3) is 11.3 Å². The molecule has 0 bridgehead atoms. The fourth-order valence-electron chi connectivity index (χ4n) is 3.58. The Morgan fingerprint density at radius 3 is 2.63 bits per heavy atom. The van der Waals surface area contributed by atoms with Crippen molar-refractivity contribution in [3.05, 3.63) is 64.3 Å². The fraction of sp³-hybridized carbons (Fsp3) is 0.304. The van der Waals surface area contributed by atoms with Crippen molar-refractivity contribution in [2.24, 2.45) is 5.92 Å². The van der Waals surface area contributed by atoms with Crippen LogP contribution in [0.15, 0.2) is 58.5 Å². The van der Waals surface area contributed by atoms with E-state index < -0.39 is 0 Å². The molecule has 1 aliphatic carbocycles. The van der Waals surface area contributed by atoms with E-state index in [-0.39, 0.29) is 17.7 Å². The Morgan fingerprint density at radius 2 is 1.97 bits per heavy atom. The number of aromatic nitrogens is 2. The van der Waals surface area contributed by atoms with E-state index in [0.29, 0.717) is 11.6 Å². The van der Waals surface area contributed by atoms with Gasteiger partial charge in [0, 0.05) is 45.7 Å².